The van der Waals surface area contributed by atoms with Crippen molar-refractivity contribution < 1.29 is 28.7 Å². The number of nitriles is 1. The van der Waals surface area contributed by atoms with E-state index in [1.807, 2.05) is 6.07 Å². The molecule has 1 aromatic carbocycles. The lowest BCUT2D eigenvalue weighted by molar-refractivity contribution is -0.144. The third-order valence-electron chi connectivity index (χ3n) is 4.51. The van der Waals surface area contributed by atoms with Gasteiger partial charge in [0.2, 0.25) is 11.8 Å². The molecule has 1 rings (SSSR count). The van der Waals surface area contributed by atoms with Crippen molar-refractivity contribution in [2.45, 2.75) is 58.7 Å². The van der Waals surface area contributed by atoms with E-state index in [0.717, 1.165) is 4.90 Å². The Morgan fingerprint density at radius 1 is 1.17 bits per heavy atom. The largest absolute Gasteiger partial charge is 0.466 e. The summed E-state index contributed by atoms with van der Waals surface area (Å²) in [5.41, 5.74) is 0.179. The Hall–Kier alpha value is -4.05. The van der Waals surface area contributed by atoms with E-state index in [4.69, 9.17) is 15.9 Å². The third-order valence-corrected chi connectivity index (χ3v) is 4.51. The summed E-state index contributed by atoms with van der Waals surface area (Å²) >= 11 is 0. The molecule has 1 aromatic rings. The van der Waals surface area contributed by atoms with Gasteiger partial charge < -0.3 is 25.0 Å². The van der Waals surface area contributed by atoms with Gasteiger partial charge in [-0.05, 0) is 52.3 Å². The van der Waals surface area contributed by atoms with Gasteiger partial charge in [0.1, 0.15) is 24.2 Å². The number of terminal acetylenes is 1. The topological polar surface area (TPSA) is 138 Å². The van der Waals surface area contributed by atoms with E-state index in [1.165, 1.54) is 6.92 Å². The highest BCUT2D eigenvalue weighted by molar-refractivity contribution is 5.92. The summed E-state index contributed by atoms with van der Waals surface area (Å²) in [6, 6.07) is 5.93. The van der Waals surface area contributed by atoms with E-state index in [2.05, 4.69) is 16.6 Å². The molecule has 2 unspecified atom stereocenters. The average molecular weight is 485 g/mol. The number of hydrogen-bond donors (Lipinski definition) is 2. The van der Waals surface area contributed by atoms with Gasteiger partial charge in [-0.3, -0.25) is 14.4 Å². The zero-order chi connectivity index (χ0) is 26.6. The first-order chi connectivity index (χ1) is 16.4. The van der Waals surface area contributed by atoms with E-state index < -0.39 is 48.1 Å². The molecule has 3 amide bonds. The van der Waals surface area contributed by atoms with Gasteiger partial charge in [0.15, 0.2) is 0 Å². The van der Waals surface area contributed by atoms with Crippen molar-refractivity contribution >= 4 is 23.9 Å². The number of ether oxygens (including phenoxy) is 2. The fraction of sp³-hybridized carbons (Fsp3) is 0.480. The summed E-state index contributed by atoms with van der Waals surface area (Å²) < 4.78 is 10.0. The molecule has 0 saturated heterocycles. The fourth-order valence-electron chi connectivity index (χ4n) is 3.02. The van der Waals surface area contributed by atoms with Crippen LogP contribution in [0.15, 0.2) is 24.3 Å². The molecule has 10 nitrogen and oxygen atoms in total. The normalized spacial score (nSPS) is 12.2. The van der Waals surface area contributed by atoms with Gasteiger partial charge in [-0.15, -0.1) is 6.42 Å². The number of rotatable bonds is 10. The van der Waals surface area contributed by atoms with Crippen molar-refractivity contribution in [1.82, 2.24) is 15.5 Å². The zero-order valence-electron chi connectivity index (χ0n) is 20.7. The standard InChI is InChI=1S/C25H32N4O6/c1-7-18-9-11-19(12-10-18)21(22(31)27-15-13-20(30)34-8-2)29(16-14-26)23(32)17(3)28-24(33)35-25(4,5)6/h1,9-12,17,21H,8,13,15-16H2,2-6H3,(H,27,31)(H,28,33). The van der Waals surface area contributed by atoms with Crippen LogP contribution < -0.4 is 10.6 Å². The predicted molar refractivity (Wildman–Crippen MR) is 128 cm³/mol. The van der Waals surface area contributed by atoms with E-state index in [1.54, 1.807) is 52.0 Å². The molecule has 0 fully saturated rings. The number of esters is 1. The van der Waals surface area contributed by atoms with Gasteiger partial charge in [-0.1, -0.05) is 18.1 Å². The molecule has 0 aliphatic carbocycles. The Kier molecular flexibility index (Phi) is 11.3. The van der Waals surface area contributed by atoms with Crippen LogP contribution in [-0.2, 0) is 23.9 Å². The van der Waals surface area contributed by atoms with E-state index in [-0.39, 0.29) is 19.6 Å². The van der Waals surface area contributed by atoms with Crippen LogP contribution in [0.2, 0.25) is 0 Å². The Balaban J connectivity index is 3.21. The first-order valence-electron chi connectivity index (χ1n) is 11.1. The summed E-state index contributed by atoms with van der Waals surface area (Å²) in [6.45, 7) is 7.87. The van der Waals surface area contributed by atoms with Gasteiger partial charge in [0, 0.05) is 12.1 Å². The minimum Gasteiger partial charge on any atom is -0.466 e. The van der Waals surface area contributed by atoms with Gasteiger partial charge in [-0.2, -0.15) is 5.26 Å². The lowest BCUT2D eigenvalue weighted by atomic mass is 10.0. The molecule has 2 N–H and O–H groups in total. The number of nitrogens with one attached hydrogen (secondary N) is 2. The Labute approximate surface area is 205 Å². The zero-order valence-corrected chi connectivity index (χ0v) is 20.7. The summed E-state index contributed by atoms with van der Waals surface area (Å²) in [5.74, 6) is 0.695. The van der Waals surface area contributed by atoms with Crippen LogP contribution >= 0.6 is 0 Å². The van der Waals surface area contributed by atoms with Gasteiger partial charge >= 0.3 is 12.1 Å². The highest BCUT2D eigenvalue weighted by Gasteiger charge is 2.34. The smallest absolute Gasteiger partial charge is 0.408 e. The number of hydrogen-bond acceptors (Lipinski definition) is 7. The number of benzene rings is 1. The minimum absolute atomic E-state index is 0.0309. The summed E-state index contributed by atoms with van der Waals surface area (Å²) in [6.07, 6.45) is 4.53. The van der Waals surface area contributed by atoms with Crippen molar-refractivity contribution in [3.63, 3.8) is 0 Å². The minimum atomic E-state index is -1.22. The van der Waals surface area contributed by atoms with Crippen molar-refractivity contribution in [2.75, 3.05) is 19.7 Å². The molecule has 0 aliphatic rings. The molecule has 0 heterocycles. The summed E-state index contributed by atoms with van der Waals surface area (Å²) in [4.78, 5) is 51.2. The van der Waals surface area contributed by atoms with Crippen LogP contribution in [0.5, 0.6) is 0 Å². The van der Waals surface area contributed by atoms with Crippen LogP contribution in [0.3, 0.4) is 0 Å². The molecule has 188 valence electrons. The maximum atomic E-state index is 13.3. The molecule has 0 bridgehead atoms. The molecular formula is C25H32N4O6. The number of carbonyl (C=O) groups excluding carboxylic acids is 4. The highest BCUT2D eigenvalue weighted by atomic mass is 16.6. The molecule has 35 heavy (non-hydrogen) atoms. The van der Waals surface area contributed by atoms with E-state index in [0.29, 0.717) is 11.1 Å². The predicted octanol–water partition coefficient (Wildman–Crippen LogP) is 2.04. The first kappa shape index (κ1) is 29.0. The number of nitrogens with zero attached hydrogens (tertiary/aromatic N) is 2. The van der Waals surface area contributed by atoms with E-state index in [9.17, 15) is 24.4 Å². The van der Waals surface area contributed by atoms with Crippen molar-refractivity contribution in [3.8, 4) is 18.4 Å². The fourth-order valence-corrected chi connectivity index (χ4v) is 3.02. The molecule has 0 spiro atoms. The van der Waals surface area contributed by atoms with Crippen LogP contribution in [0.4, 0.5) is 4.79 Å². The van der Waals surface area contributed by atoms with Crippen molar-refractivity contribution in [2.24, 2.45) is 0 Å². The summed E-state index contributed by atoms with van der Waals surface area (Å²) in [5, 5.41) is 14.4. The highest BCUT2D eigenvalue weighted by Crippen LogP contribution is 2.23. The lowest BCUT2D eigenvalue weighted by Crippen LogP contribution is -2.52. The van der Waals surface area contributed by atoms with Crippen LogP contribution in [0.25, 0.3) is 0 Å². The average Bonchev–Trinajstić information content (AvgIpc) is 2.77. The molecule has 0 aromatic heterocycles. The second kappa shape index (κ2) is 13.6. The van der Waals surface area contributed by atoms with Crippen LogP contribution in [0.1, 0.15) is 58.2 Å². The first-order valence-corrected chi connectivity index (χ1v) is 11.1. The maximum absolute atomic E-state index is 13.3. The molecule has 0 saturated carbocycles. The number of amides is 3. The van der Waals surface area contributed by atoms with Crippen LogP contribution in [-0.4, -0.2) is 60.1 Å². The summed E-state index contributed by atoms with van der Waals surface area (Å²) in [7, 11) is 0. The monoisotopic (exact) mass is 484 g/mol. The second-order valence-electron chi connectivity index (χ2n) is 8.51. The van der Waals surface area contributed by atoms with Gasteiger partial charge in [0.05, 0.1) is 19.1 Å². The van der Waals surface area contributed by atoms with Crippen molar-refractivity contribution in [1.29, 1.82) is 5.26 Å². The molecule has 2 atom stereocenters. The van der Waals surface area contributed by atoms with Gasteiger partial charge in [0.25, 0.3) is 0 Å². The van der Waals surface area contributed by atoms with Gasteiger partial charge in [-0.25, -0.2) is 4.79 Å². The number of carbonyl (C=O) groups is 4. The second-order valence-corrected chi connectivity index (χ2v) is 8.51. The molecule has 10 heteroatoms. The lowest BCUT2D eigenvalue weighted by Gasteiger charge is -2.32. The SMILES string of the molecule is C#Cc1ccc(C(C(=O)NCCC(=O)OCC)N(CC#N)C(=O)C(C)NC(=O)OC(C)(C)C)cc1. The molecular weight excluding hydrogens is 452 g/mol. The van der Waals surface area contributed by atoms with E-state index >= 15 is 0 Å². The Morgan fingerprint density at radius 2 is 1.80 bits per heavy atom. The maximum Gasteiger partial charge on any atom is 0.408 e. The number of alkyl carbamates (subject to hydrolysis) is 1. The molecule has 0 aliphatic heterocycles. The molecule has 0 radical (unpaired) electrons. The Bertz CT molecular complexity index is 985. The quantitative estimate of drug-likeness (QED) is 0.294. The Morgan fingerprint density at radius 3 is 2.31 bits per heavy atom. The third kappa shape index (κ3) is 9.76. The van der Waals surface area contributed by atoms with Crippen molar-refractivity contribution in [3.05, 3.63) is 35.4 Å². The van der Waals surface area contributed by atoms with Crippen LogP contribution in [0, 0.1) is 23.7 Å².